The number of hydrogen-bond donors (Lipinski definition) is 3. The third-order valence-corrected chi connectivity index (χ3v) is 6.60. The van der Waals surface area contributed by atoms with Crippen molar-refractivity contribution in [2.24, 2.45) is 0 Å². The maximum absolute atomic E-state index is 12.7. The molecule has 0 spiro atoms. The number of carbonyl (C=O) groups is 3. The largest absolute Gasteiger partial charge is 0.390 e. The molecular formula is C26H32N4O4. The second-order valence-electron chi connectivity index (χ2n) is 9.02. The molecule has 0 saturated carbocycles. The van der Waals surface area contributed by atoms with E-state index in [0.29, 0.717) is 49.9 Å². The van der Waals surface area contributed by atoms with Crippen molar-refractivity contribution in [1.29, 1.82) is 0 Å². The van der Waals surface area contributed by atoms with Gasteiger partial charge in [-0.3, -0.25) is 14.4 Å². The number of rotatable bonds is 7. The van der Waals surface area contributed by atoms with E-state index >= 15 is 0 Å². The smallest absolute Gasteiger partial charge is 0.253 e. The van der Waals surface area contributed by atoms with Crippen LogP contribution < -0.4 is 10.6 Å². The Bertz CT molecular complexity index is 1010. The van der Waals surface area contributed by atoms with Gasteiger partial charge in [-0.05, 0) is 48.2 Å². The van der Waals surface area contributed by atoms with Gasteiger partial charge in [0, 0.05) is 63.4 Å². The molecule has 2 aromatic carbocycles. The molecule has 2 aliphatic rings. The highest BCUT2D eigenvalue weighted by Gasteiger charge is 2.24. The van der Waals surface area contributed by atoms with E-state index in [-0.39, 0.29) is 24.3 Å². The lowest BCUT2D eigenvalue weighted by Gasteiger charge is -2.34. The van der Waals surface area contributed by atoms with Crippen molar-refractivity contribution >= 4 is 17.7 Å². The molecule has 0 aromatic heterocycles. The molecule has 8 nitrogen and oxygen atoms in total. The summed E-state index contributed by atoms with van der Waals surface area (Å²) in [4.78, 5) is 40.1. The molecule has 4 rings (SSSR count). The number of benzene rings is 2. The first-order chi connectivity index (χ1) is 16.4. The van der Waals surface area contributed by atoms with Crippen LogP contribution in [0.2, 0.25) is 0 Å². The summed E-state index contributed by atoms with van der Waals surface area (Å²) in [6.45, 7) is 4.15. The van der Waals surface area contributed by atoms with E-state index in [1.165, 1.54) is 18.1 Å². The van der Waals surface area contributed by atoms with Gasteiger partial charge >= 0.3 is 0 Å². The van der Waals surface area contributed by atoms with Gasteiger partial charge in [0.05, 0.1) is 6.10 Å². The van der Waals surface area contributed by atoms with Gasteiger partial charge in [-0.2, -0.15) is 0 Å². The van der Waals surface area contributed by atoms with Gasteiger partial charge in [-0.15, -0.1) is 0 Å². The first-order valence-electron chi connectivity index (χ1n) is 11.8. The van der Waals surface area contributed by atoms with E-state index in [9.17, 15) is 19.5 Å². The summed E-state index contributed by atoms with van der Waals surface area (Å²) in [6.07, 6.45) is 1.21. The predicted octanol–water partition coefficient (Wildman–Crippen LogP) is 0.839. The van der Waals surface area contributed by atoms with Gasteiger partial charge in [-0.25, -0.2) is 0 Å². The highest BCUT2D eigenvalue weighted by molar-refractivity contribution is 5.98. The molecule has 1 saturated heterocycles. The fourth-order valence-electron chi connectivity index (χ4n) is 4.56. The van der Waals surface area contributed by atoms with Gasteiger partial charge in [0.2, 0.25) is 5.91 Å². The molecule has 1 unspecified atom stereocenters. The van der Waals surface area contributed by atoms with Crippen LogP contribution in [0.15, 0.2) is 48.5 Å². The zero-order valence-corrected chi connectivity index (χ0v) is 19.5. The molecule has 1 aliphatic heterocycles. The molecule has 8 heteroatoms. The quantitative estimate of drug-likeness (QED) is 0.564. The van der Waals surface area contributed by atoms with E-state index in [0.717, 1.165) is 12.8 Å². The SMILES string of the molecule is CC(=O)N1CCN(C(=O)c2ccc(C(=O)NCC(O)CNC3Cc4ccccc4C3)cc2)CC1. The molecule has 34 heavy (non-hydrogen) atoms. The maximum Gasteiger partial charge on any atom is 0.253 e. The number of aliphatic hydroxyl groups excluding tert-OH is 1. The van der Waals surface area contributed by atoms with Gasteiger partial charge in [0.15, 0.2) is 0 Å². The molecule has 3 N–H and O–H groups in total. The number of aliphatic hydroxyl groups is 1. The normalized spacial score (nSPS) is 16.8. The topological polar surface area (TPSA) is 102 Å². The number of piperazine rings is 1. The standard InChI is InChI=1S/C26H32N4O4/c1-18(31)29-10-12-30(13-11-29)26(34)20-8-6-19(7-9-20)25(33)28-17-24(32)16-27-23-14-21-4-2-3-5-22(21)15-23/h2-9,23-24,27,32H,10-17H2,1H3,(H,28,33). The van der Waals surface area contributed by atoms with Crippen LogP contribution in [0.1, 0.15) is 38.8 Å². The average molecular weight is 465 g/mol. The third kappa shape index (κ3) is 5.81. The molecular weight excluding hydrogens is 432 g/mol. The fourth-order valence-corrected chi connectivity index (χ4v) is 4.56. The number of hydrogen-bond acceptors (Lipinski definition) is 5. The van der Waals surface area contributed by atoms with Crippen LogP contribution >= 0.6 is 0 Å². The Labute approximate surface area is 199 Å². The first kappa shape index (κ1) is 23.9. The summed E-state index contributed by atoms with van der Waals surface area (Å²) < 4.78 is 0. The van der Waals surface area contributed by atoms with Crippen LogP contribution in [0.5, 0.6) is 0 Å². The Morgan fingerprint density at radius 1 is 0.882 bits per heavy atom. The molecule has 1 heterocycles. The summed E-state index contributed by atoms with van der Waals surface area (Å²) in [6, 6.07) is 15.2. The van der Waals surface area contributed by atoms with Gasteiger partial charge in [0.25, 0.3) is 11.8 Å². The Morgan fingerprint density at radius 2 is 1.44 bits per heavy atom. The monoisotopic (exact) mass is 464 g/mol. The number of fused-ring (bicyclic) bond motifs is 1. The molecule has 1 fully saturated rings. The average Bonchev–Trinajstić information content (AvgIpc) is 3.29. The van der Waals surface area contributed by atoms with Crippen LogP contribution in [0.3, 0.4) is 0 Å². The summed E-state index contributed by atoms with van der Waals surface area (Å²) >= 11 is 0. The summed E-state index contributed by atoms with van der Waals surface area (Å²) in [7, 11) is 0. The highest BCUT2D eigenvalue weighted by atomic mass is 16.3. The summed E-state index contributed by atoms with van der Waals surface area (Å²) in [5.41, 5.74) is 3.64. The molecule has 2 aromatic rings. The third-order valence-electron chi connectivity index (χ3n) is 6.60. The second kappa shape index (κ2) is 10.8. The van der Waals surface area contributed by atoms with E-state index in [1.54, 1.807) is 34.1 Å². The second-order valence-corrected chi connectivity index (χ2v) is 9.02. The Balaban J connectivity index is 1.19. The zero-order valence-electron chi connectivity index (χ0n) is 19.5. The van der Waals surface area contributed by atoms with Crippen molar-refractivity contribution in [1.82, 2.24) is 20.4 Å². The number of carbonyl (C=O) groups excluding carboxylic acids is 3. The van der Waals surface area contributed by atoms with Crippen LogP contribution in [-0.2, 0) is 17.6 Å². The molecule has 3 amide bonds. The van der Waals surface area contributed by atoms with Crippen molar-refractivity contribution < 1.29 is 19.5 Å². The summed E-state index contributed by atoms with van der Waals surface area (Å²) in [5.74, 6) is -0.375. The Kier molecular flexibility index (Phi) is 7.59. The maximum atomic E-state index is 12.7. The van der Waals surface area contributed by atoms with Crippen molar-refractivity contribution in [3.05, 3.63) is 70.8 Å². The Hall–Kier alpha value is -3.23. The minimum atomic E-state index is -0.692. The minimum Gasteiger partial charge on any atom is -0.390 e. The van der Waals surface area contributed by atoms with E-state index < -0.39 is 6.10 Å². The highest BCUT2D eigenvalue weighted by Crippen LogP contribution is 2.21. The van der Waals surface area contributed by atoms with Crippen molar-refractivity contribution in [3.8, 4) is 0 Å². The van der Waals surface area contributed by atoms with Crippen molar-refractivity contribution in [3.63, 3.8) is 0 Å². The van der Waals surface area contributed by atoms with E-state index in [2.05, 4.69) is 22.8 Å². The van der Waals surface area contributed by atoms with Crippen LogP contribution in [0, 0.1) is 0 Å². The Morgan fingerprint density at radius 3 is 2.03 bits per heavy atom. The molecule has 0 radical (unpaired) electrons. The van der Waals surface area contributed by atoms with E-state index in [4.69, 9.17) is 0 Å². The predicted molar refractivity (Wildman–Crippen MR) is 129 cm³/mol. The summed E-state index contributed by atoms with van der Waals surface area (Å²) in [5, 5.41) is 16.4. The lowest BCUT2D eigenvalue weighted by atomic mass is 10.1. The lowest BCUT2D eigenvalue weighted by Crippen LogP contribution is -2.50. The number of nitrogens with one attached hydrogen (secondary N) is 2. The van der Waals surface area contributed by atoms with E-state index in [1.807, 2.05) is 12.1 Å². The molecule has 0 bridgehead atoms. The molecule has 180 valence electrons. The minimum absolute atomic E-state index is 0.0208. The van der Waals surface area contributed by atoms with Crippen LogP contribution in [0.25, 0.3) is 0 Å². The number of nitrogens with zero attached hydrogens (tertiary/aromatic N) is 2. The van der Waals surface area contributed by atoms with Gasteiger partial charge < -0.3 is 25.5 Å². The fraction of sp³-hybridized carbons (Fsp3) is 0.423. The molecule has 1 atom stereocenters. The first-order valence-corrected chi connectivity index (χ1v) is 11.8. The zero-order chi connectivity index (χ0) is 24.1. The van der Waals surface area contributed by atoms with Gasteiger partial charge in [-0.1, -0.05) is 24.3 Å². The van der Waals surface area contributed by atoms with Crippen LogP contribution in [-0.4, -0.2) is 84.0 Å². The van der Waals surface area contributed by atoms with Crippen LogP contribution in [0.4, 0.5) is 0 Å². The lowest BCUT2D eigenvalue weighted by molar-refractivity contribution is -0.130. The number of amides is 3. The van der Waals surface area contributed by atoms with Gasteiger partial charge in [0.1, 0.15) is 0 Å². The van der Waals surface area contributed by atoms with Crippen molar-refractivity contribution in [2.45, 2.75) is 31.9 Å². The van der Waals surface area contributed by atoms with Crippen molar-refractivity contribution in [2.75, 3.05) is 39.3 Å². The molecule has 1 aliphatic carbocycles.